The van der Waals surface area contributed by atoms with Crippen LogP contribution in [0, 0.1) is 13.8 Å². The average Bonchev–Trinajstić information content (AvgIpc) is 2.86. The van der Waals surface area contributed by atoms with Crippen molar-refractivity contribution in [3.8, 4) is 0 Å². The number of anilines is 2. The zero-order valence-electron chi connectivity index (χ0n) is 13.1. The van der Waals surface area contributed by atoms with Crippen LogP contribution in [-0.4, -0.2) is 19.8 Å². The highest BCUT2D eigenvalue weighted by Gasteiger charge is 2.20. The molecule has 0 saturated carbocycles. The molecule has 108 valence electrons. The number of hydrogen-bond acceptors (Lipinski definition) is 3. The minimum Gasteiger partial charge on any atom is -0.354 e. The number of aryl methyl sites for hydroxylation is 2. The number of rotatable bonds is 5. The van der Waals surface area contributed by atoms with E-state index in [1.165, 1.54) is 21.8 Å². The van der Waals surface area contributed by atoms with Crippen LogP contribution in [0.15, 0.2) is 35.7 Å². The van der Waals surface area contributed by atoms with Gasteiger partial charge in [0.25, 0.3) is 0 Å². The summed E-state index contributed by atoms with van der Waals surface area (Å²) in [5, 5.41) is 2.17. The van der Waals surface area contributed by atoms with Crippen LogP contribution in [0.5, 0.6) is 0 Å². The van der Waals surface area contributed by atoms with E-state index in [0.717, 1.165) is 6.54 Å². The summed E-state index contributed by atoms with van der Waals surface area (Å²) in [7, 11) is 2.18. The van der Waals surface area contributed by atoms with Gasteiger partial charge in [0.15, 0.2) is 0 Å². The van der Waals surface area contributed by atoms with E-state index in [4.69, 9.17) is 0 Å². The zero-order valence-corrected chi connectivity index (χ0v) is 13.9. The van der Waals surface area contributed by atoms with Gasteiger partial charge in [-0.2, -0.15) is 0 Å². The van der Waals surface area contributed by atoms with Crippen molar-refractivity contribution >= 4 is 22.7 Å². The number of hydrogen-bond donors (Lipinski definition) is 0. The normalized spacial score (nSPS) is 12.2. The minimum atomic E-state index is 0.328. The van der Waals surface area contributed by atoms with E-state index < -0.39 is 0 Å². The molecule has 1 aromatic carbocycles. The number of benzene rings is 1. The predicted molar refractivity (Wildman–Crippen MR) is 91.1 cm³/mol. The van der Waals surface area contributed by atoms with Crippen molar-refractivity contribution in [3.05, 3.63) is 46.2 Å². The quantitative estimate of drug-likeness (QED) is 0.737. The van der Waals surface area contributed by atoms with Crippen molar-refractivity contribution < 1.29 is 0 Å². The third-order valence-electron chi connectivity index (χ3n) is 3.99. The van der Waals surface area contributed by atoms with E-state index in [2.05, 4.69) is 80.3 Å². The van der Waals surface area contributed by atoms with Crippen LogP contribution in [0.3, 0.4) is 0 Å². The van der Waals surface area contributed by atoms with Gasteiger partial charge in [-0.15, -0.1) is 11.3 Å². The molecule has 0 aliphatic rings. The highest BCUT2D eigenvalue weighted by Crippen LogP contribution is 2.29. The maximum absolute atomic E-state index is 2.46. The molecule has 2 nitrogen and oxygen atoms in total. The van der Waals surface area contributed by atoms with Crippen LogP contribution in [0.4, 0.5) is 11.4 Å². The Bertz CT molecular complexity index is 562. The Kier molecular flexibility index (Phi) is 4.71. The first-order chi connectivity index (χ1) is 9.56. The highest BCUT2D eigenvalue weighted by atomic mass is 32.1. The van der Waals surface area contributed by atoms with Crippen molar-refractivity contribution in [1.82, 2.24) is 0 Å². The Morgan fingerprint density at radius 3 is 2.35 bits per heavy atom. The molecule has 3 heteroatoms. The first kappa shape index (κ1) is 14.9. The number of nitrogens with zero attached hydrogens (tertiary/aromatic N) is 2. The van der Waals surface area contributed by atoms with E-state index in [1.807, 2.05) is 11.3 Å². The first-order valence-electron chi connectivity index (χ1n) is 7.15. The van der Waals surface area contributed by atoms with Gasteiger partial charge in [0.2, 0.25) is 0 Å². The lowest BCUT2D eigenvalue weighted by Gasteiger charge is -2.38. The Morgan fingerprint density at radius 2 is 1.80 bits per heavy atom. The standard InChI is InChI=1S/C17H24N2S/c1-6-19(17-11-12-20-14(17)3)15(4)18(5)16-10-8-7-9-13(16)2/h7-12,15H,6H2,1-5H3. The molecule has 0 amide bonds. The SMILES string of the molecule is CCN(c1ccsc1C)C(C)N(C)c1ccccc1C. The fourth-order valence-electron chi connectivity index (χ4n) is 2.68. The summed E-state index contributed by atoms with van der Waals surface area (Å²) in [4.78, 5) is 6.20. The molecule has 0 aliphatic heterocycles. The minimum absolute atomic E-state index is 0.328. The molecule has 20 heavy (non-hydrogen) atoms. The van der Waals surface area contributed by atoms with E-state index in [1.54, 1.807) is 0 Å². The largest absolute Gasteiger partial charge is 0.354 e. The van der Waals surface area contributed by atoms with Gasteiger partial charge < -0.3 is 9.80 Å². The maximum Gasteiger partial charge on any atom is 0.0984 e. The van der Waals surface area contributed by atoms with Crippen LogP contribution in [0.25, 0.3) is 0 Å². The molecule has 0 saturated heterocycles. The average molecular weight is 288 g/mol. The zero-order chi connectivity index (χ0) is 14.7. The van der Waals surface area contributed by atoms with Crippen molar-refractivity contribution in [3.63, 3.8) is 0 Å². The fourth-order valence-corrected chi connectivity index (χ4v) is 3.39. The third-order valence-corrected chi connectivity index (χ3v) is 4.82. The molecule has 0 bridgehead atoms. The van der Waals surface area contributed by atoms with Gasteiger partial charge in [0.1, 0.15) is 0 Å². The molecule has 1 heterocycles. The Morgan fingerprint density at radius 1 is 1.10 bits per heavy atom. The Balaban J connectivity index is 2.27. The van der Waals surface area contributed by atoms with Crippen LogP contribution >= 0.6 is 11.3 Å². The molecule has 0 radical (unpaired) electrons. The summed E-state index contributed by atoms with van der Waals surface area (Å²) in [5.41, 5.74) is 3.97. The van der Waals surface area contributed by atoms with E-state index >= 15 is 0 Å². The van der Waals surface area contributed by atoms with Crippen molar-refractivity contribution in [2.75, 3.05) is 23.4 Å². The second-order valence-electron chi connectivity index (χ2n) is 5.18. The van der Waals surface area contributed by atoms with Crippen molar-refractivity contribution in [2.45, 2.75) is 33.9 Å². The van der Waals surface area contributed by atoms with Gasteiger partial charge in [-0.25, -0.2) is 0 Å². The molecule has 0 fully saturated rings. The van der Waals surface area contributed by atoms with E-state index in [-0.39, 0.29) is 0 Å². The Hall–Kier alpha value is -1.48. The van der Waals surface area contributed by atoms with Gasteiger partial charge in [-0.1, -0.05) is 18.2 Å². The van der Waals surface area contributed by atoms with Gasteiger partial charge >= 0.3 is 0 Å². The molecule has 2 aromatic rings. The van der Waals surface area contributed by atoms with Crippen LogP contribution in [0.1, 0.15) is 24.3 Å². The molecule has 1 aromatic heterocycles. The number of thiophene rings is 1. The lowest BCUT2D eigenvalue weighted by atomic mass is 10.1. The first-order valence-corrected chi connectivity index (χ1v) is 8.03. The van der Waals surface area contributed by atoms with Gasteiger partial charge in [0, 0.05) is 24.2 Å². The predicted octanol–water partition coefficient (Wildman–Crippen LogP) is 4.67. The summed E-state index contributed by atoms with van der Waals surface area (Å²) in [6.45, 7) is 9.87. The van der Waals surface area contributed by atoms with Gasteiger partial charge in [-0.05, 0) is 50.8 Å². The molecular formula is C17H24N2S. The molecule has 0 spiro atoms. The van der Waals surface area contributed by atoms with E-state index in [9.17, 15) is 0 Å². The monoisotopic (exact) mass is 288 g/mol. The summed E-state index contributed by atoms with van der Waals surface area (Å²) in [6, 6.07) is 10.8. The summed E-state index contributed by atoms with van der Waals surface area (Å²) < 4.78 is 0. The number of para-hydroxylation sites is 1. The van der Waals surface area contributed by atoms with Crippen molar-refractivity contribution in [2.24, 2.45) is 0 Å². The van der Waals surface area contributed by atoms with E-state index in [0.29, 0.717) is 6.17 Å². The van der Waals surface area contributed by atoms with Crippen molar-refractivity contribution in [1.29, 1.82) is 0 Å². The molecule has 2 rings (SSSR count). The highest BCUT2D eigenvalue weighted by molar-refractivity contribution is 7.10. The van der Waals surface area contributed by atoms with Crippen LogP contribution in [0.2, 0.25) is 0 Å². The Labute approximate surface area is 126 Å². The lowest BCUT2D eigenvalue weighted by molar-refractivity contribution is 0.634. The smallest absolute Gasteiger partial charge is 0.0984 e. The molecular weight excluding hydrogens is 264 g/mol. The summed E-state index contributed by atoms with van der Waals surface area (Å²) in [5.74, 6) is 0. The maximum atomic E-state index is 2.46. The third kappa shape index (κ3) is 2.83. The molecule has 0 N–H and O–H groups in total. The second-order valence-corrected chi connectivity index (χ2v) is 6.30. The van der Waals surface area contributed by atoms with Gasteiger partial charge in [0.05, 0.1) is 11.9 Å². The second kappa shape index (κ2) is 6.31. The van der Waals surface area contributed by atoms with Crippen LogP contribution < -0.4 is 9.80 Å². The molecule has 1 atom stereocenters. The van der Waals surface area contributed by atoms with Crippen LogP contribution in [-0.2, 0) is 0 Å². The molecule has 1 unspecified atom stereocenters. The fraction of sp³-hybridized carbons (Fsp3) is 0.412. The molecule has 0 aliphatic carbocycles. The summed E-state index contributed by atoms with van der Waals surface area (Å²) in [6.07, 6.45) is 0.328. The summed E-state index contributed by atoms with van der Waals surface area (Å²) >= 11 is 1.82. The van der Waals surface area contributed by atoms with Gasteiger partial charge in [-0.3, -0.25) is 0 Å². The topological polar surface area (TPSA) is 6.48 Å². The lowest BCUT2D eigenvalue weighted by Crippen LogP contribution is -2.45.